The van der Waals surface area contributed by atoms with Crippen LogP contribution in [0.1, 0.15) is 25.3 Å². The quantitative estimate of drug-likeness (QED) is 0.745. The molecule has 2 aromatic rings. The third kappa shape index (κ3) is 5.26. The molecule has 0 aromatic heterocycles. The lowest BCUT2D eigenvalue weighted by Crippen LogP contribution is -2.43. The molecule has 1 aliphatic rings. The molecule has 1 heterocycles. The summed E-state index contributed by atoms with van der Waals surface area (Å²) in [5, 5.41) is 6.54. The van der Waals surface area contributed by atoms with Gasteiger partial charge in [-0.25, -0.2) is 4.79 Å². The fourth-order valence-electron chi connectivity index (χ4n) is 3.53. The number of nitrogens with one attached hydrogen (secondary N) is 2. The van der Waals surface area contributed by atoms with Crippen molar-refractivity contribution in [1.29, 1.82) is 0 Å². The number of rotatable bonds is 4. The second-order valence-corrected chi connectivity index (χ2v) is 7.85. The Morgan fingerprint density at radius 2 is 1.71 bits per heavy atom. The fraction of sp³-hybridized carbons (Fsp3) is 0.364. The van der Waals surface area contributed by atoms with Gasteiger partial charge < -0.3 is 15.5 Å². The van der Waals surface area contributed by atoms with E-state index in [0.717, 1.165) is 29.8 Å². The summed E-state index contributed by atoms with van der Waals surface area (Å²) >= 11 is 5.87. The molecule has 5 nitrogen and oxygen atoms in total. The van der Waals surface area contributed by atoms with E-state index in [0.29, 0.717) is 18.1 Å². The summed E-state index contributed by atoms with van der Waals surface area (Å²) in [6, 6.07) is 14.8. The van der Waals surface area contributed by atoms with Crippen LogP contribution < -0.4 is 10.6 Å². The molecule has 3 amide bonds. The van der Waals surface area contributed by atoms with Crippen molar-refractivity contribution < 1.29 is 9.59 Å². The number of carbonyl (C=O) groups excluding carboxylic acids is 2. The van der Waals surface area contributed by atoms with Gasteiger partial charge in [0.15, 0.2) is 0 Å². The topological polar surface area (TPSA) is 61.4 Å². The van der Waals surface area contributed by atoms with E-state index in [1.807, 2.05) is 38.1 Å². The number of nitrogens with zero attached hydrogens (tertiary/aromatic N) is 1. The Balaban J connectivity index is 1.49. The molecule has 2 aromatic carbocycles. The molecule has 0 saturated carbocycles. The number of likely N-dealkylation sites (tertiary alicyclic amines) is 1. The summed E-state index contributed by atoms with van der Waals surface area (Å²) in [6.07, 6.45) is 1.63. The first-order valence-corrected chi connectivity index (χ1v) is 9.99. The maximum atomic E-state index is 12.6. The van der Waals surface area contributed by atoms with Crippen molar-refractivity contribution >= 4 is 34.9 Å². The predicted molar refractivity (Wildman–Crippen MR) is 114 cm³/mol. The Hall–Kier alpha value is -2.53. The molecule has 148 valence electrons. The zero-order valence-corrected chi connectivity index (χ0v) is 17.0. The second-order valence-electron chi connectivity index (χ2n) is 7.41. The van der Waals surface area contributed by atoms with Crippen molar-refractivity contribution in [3.05, 3.63) is 59.1 Å². The van der Waals surface area contributed by atoms with Crippen LogP contribution in [0.4, 0.5) is 16.2 Å². The first-order valence-electron chi connectivity index (χ1n) is 9.61. The van der Waals surface area contributed by atoms with Crippen LogP contribution in [-0.2, 0) is 4.79 Å². The number of amides is 3. The average Bonchev–Trinajstić information content (AvgIpc) is 2.69. The third-order valence-corrected chi connectivity index (χ3v) is 5.58. The van der Waals surface area contributed by atoms with Crippen molar-refractivity contribution in [1.82, 2.24) is 4.90 Å². The summed E-state index contributed by atoms with van der Waals surface area (Å²) < 4.78 is 0. The summed E-state index contributed by atoms with van der Waals surface area (Å²) in [6.45, 7) is 5.27. The molecule has 1 saturated heterocycles. The summed E-state index contributed by atoms with van der Waals surface area (Å²) in [5.74, 6) is 0.209. The monoisotopic (exact) mass is 399 g/mol. The highest BCUT2D eigenvalue weighted by Crippen LogP contribution is 2.27. The first-order chi connectivity index (χ1) is 13.4. The molecule has 2 N–H and O–H groups in total. The van der Waals surface area contributed by atoms with Gasteiger partial charge in [-0.05, 0) is 67.6 Å². The maximum Gasteiger partial charge on any atom is 0.321 e. The minimum Gasteiger partial charge on any atom is -0.326 e. The fourth-order valence-corrected chi connectivity index (χ4v) is 3.66. The lowest BCUT2D eigenvalue weighted by Gasteiger charge is -2.34. The molecule has 6 heteroatoms. The minimum absolute atomic E-state index is 0.0367. The van der Waals surface area contributed by atoms with Gasteiger partial charge in [-0.2, -0.15) is 0 Å². The lowest BCUT2D eigenvalue weighted by molar-refractivity contribution is -0.121. The van der Waals surface area contributed by atoms with E-state index in [1.54, 1.807) is 29.2 Å². The Morgan fingerprint density at radius 1 is 1.04 bits per heavy atom. The van der Waals surface area contributed by atoms with Crippen LogP contribution in [0.5, 0.6) is 0 Å². The number of hydrogen-bond donors (Lipinski definition) is 2. The number of halogens is 1. The van der Waals surface area contributed by atoms with Crippen LogP contribution in [-0.4, -0.2) is 29.9 Å². The van der Waals surface area contributed by atoms with Crippen LogP contribution in [0.25, 0.3) is 0 Å². The van der Waals surface area contributed by atoms with Gasteiger partial charge in [0.2, 0.25) is 5.91 Å². The molecule has 28 heavy (non-hydrogen) atoms. The van der Waals surface area contributed by atoms with Gasteiger partial charge >= 0.3 is 6.03 Å². The Kier molecular flexibility index (Phi) is 6.57. The van der Waals surface area contributed by atoms with Crippen molar-refractivity contribution in [2.75, 3.05) is 23.7 Å². The molecule has 3 rings (SSSR count). The molecule has 0 spiro atoms. The lowest BCUT2D eigenvalue weighted by atomic mass is 9.85. The number of benzene rings is 2. The van der Waals surface area contributed by atoms with Crippen molar-refractivity contribution in [2.45, 2.75) is 26.7 Å². The molecular weight excluding hydrogens is 374 g/mol. The van der Waals surface area contributed by atoms with E-state index in [4.69, 9.17) is 11.6 Å². The zero-order valence-electron chi connectivity index (χ0n) is 16.2. The van der Waals surface area contributed by atoms with Gasteiger partial charge in [0.1, 0.15) is 0 Å². The molecule has 0 bridgehead atoms. The van der Waals surface area contributed by atoms with Gasteiger partial charge in [-0.1, -0.05) is 30.7 Å². The second kappa shape index (κ2) is 9.11. The number of urea groups is 1. The van der Waals surface area contributed by atoms with Crippen molar-refractivity contribution in [2.24, 2.45) is 11.8 Å². The number of piperidine rings is 1. The number of anilines is 2. The van der Waals surface area contributed by atoms with Crippen LogP contribution >= 0.6 is 11.6 Å². The highest BCUT2D eigenvalue weighted by atomic mass is 35.5. The van der Waals surface area contributed by atoms with Crippen LogP contribution in [0, 0.1) is 18.8 Å². The molecular formula is C22H26ClN3O2. The van der Waals surface area contributed by atoms with Crippen LogP contribution in [0.2, 0.25) is 5.02 Å². The van der Waals surface area contributed by atoms with E-state index >= 15 is 0 Å². The van der Waals surface area contributed by atoms with Gasteiger partial charge in [-0.3, -0.25) is 4.79 Å². The zero-order chi connectivity index (χ0) is 20.1. The smallest absolute Gasteiger partial charge is 0.321 e. The number of hydrogen-bond acceptors (Lipinski definition) is 2. The largest absolute Gasteiger partial charge is 0.326 e. The molecule has 0 radical (unpaired) electrons. The molecule has 0 aliphatic carbocycles. The van der Waals surface area contributed by atoms with Crippen molar-refractivity contribution in [3.8, 4) is 0 Å². The van der Waals surface area contributed by atoms with Gasteiger partial charge in [0.05, 0.1) is 0 Å². The summed E-state index contributed by atoms with van der Waals surface area (Å²) in [5.41, 5.74) is 2.67. The van der Waals surface area contributed by atoms with Crippen molar-refractivity contribution in [3.63, 3.8) is 0 Å². The predicted octanol–water partition coefficient (Wildman–Crippen LogP) is 5.17. The minimum atomic E-state index is -0.113. The van der Waals surface area contributed by atoms with Gasteiger partial charge in [0, 0.05) is 35.4 Å². The normalized spacial score (nSPS) is 15.8. The first kappa shape index (κ1) is 20.2. The Bertz CT molecular complexity index is 830. The standard InChI is InChI=1S/C22H26ClN3O2/c1-15-4-3-5-20(14-15)24-21(27)16(2)17-10-12-26(13-11-17)22(28)25-19-8-6-18(23)7-9-19/h3-9,14,16-17H,10-13H2,1-2H3,(H,24,27)(H,25,28)/t16-/m1/s1. The van der Waals surface area contributed by atoms with E-state index in [1.165, 1.54) is 0 Å². The van der Waals surface area contributed by atoms with Crippen LogP contribution in [0.3, 0.4) is 0 Å². The number of aryl methyl sites for hydroxylation is 1. The number of carbonyl (C=O) groups is 2. The van der Waals surface area contributed by atoms with E-state index in [2.05, 4.69) is 10.6 Å². The van der Waals surface area contributed by atoms with Gasteiger partial charge in [-0.15, -0.1) is 0 Å². The maximum absolute atomic E-state index is 12.6. The molecule has 0 unspecified atom stereocenters. The highest BCUT2D eigenvalue weighted by molar-refractivity contribution is 6.30. The van der Waals surface area contributed by atoms with E-state index < -0.39 is 0 Å². The SMILES string of the molecule is Cc1cccc(NC(=O)[C@H](C)C2CCN(C(=O)Nc3ccc(Cl)cc3)CC2)c1. The molecule has 1 atom stereocenters. The van der Waals surface area contributed by atoms with Crippen LogP contribution in [0.15, 0.2) is 48.5 Å². The molecule has 1 aliphatic heterocycles. The van der Waals surface area contributed by atoms with Gasteiger partial charge in [0.25, 0.3) is 0 Å². The Morgan fingerprint density at radius 3 is 2.36 bits per heavy atom. The molecule has 1 fully saturated rings. The Labute approximate surface area is 171 Å². The highest BCUT2D eigenvalue weighted by Gasteiger charge is 2.30. The third-order valence-electron chi connectivity index (χ3n) is 5.33. The average molecular weight is 400 g/mol. The van der Waals surface area contributed by atoms with E-state index in [-0.39, 0.29) is 23.8 Å². The summed E-state index contributed by atoms with van der Waals surface area (Å²) in [4.78, 5) is 26.8. The van der Waals surface area contributed by atoms with E-state index in [9.17, 15) is 9.59 Å². The summed E-state index contributed by atoms with van der Waals surface area (Å²) in [7, 11) is 0.